The van der Waals surface area contributed by atoms with Crippen LogP contribution in [-0.2, 0) is 14.8 Å². The zero-order valence-corrected chi connectivity index (χ0v) is 22.4. The van der Waals surface area contributed by atoms with Crippen molar-refractivity contribution in [1.29, 1.82) is 0 Å². The lowest BCUT2D eigenvalue weighted by Gasteiger charge is -2.39. The maximum Gasteiger partial charge on any atom is 0.273 e. The molecule has 1 unspecified atom stereocenters. The summed E-state index contributed by atoms with van der Waals surface area (Å²) in [4.78, 5) is 12.8. The highest BCUT2D eigenvalue weighted by molar-refractivity contribution is 7.89. The normalized spacial score (nSPS) is 34.0. The van der Waals surface area contributed by atoms with Gasteiger partial charge >= 0.3 is 0 Å². The topological polar surface area (TPSA) is 114 Å². The van der Waals surface area contributed by atoms with Gasteiger partial charge in [-0.2, -0.15) is 4.31 Å². The highest BCUT2D eigenvalue weighted by atomic mass is 32.2. The van der Waals surface area contributed by atoms with Gasteiger partial charge in [0.2, 0.25) is 15.9 Å². The van der Waals surface area contributed by atoms with Crippen LogP contribution in [0.4, 0.5) is 8.78 Å². The summed E-state index contributed by atoms with van der Waals surface area (Å²) in [5.41, 5.74) is 0.255. The fourth-order valence-corrected chi connectivity index (χ4v) is 9.53. The van der Waals surface area contributed by atoms with Crippen LogP contribution in [0.1, 0.15) is 86.4 Å². The van der Waals surface area contributed by atoms with Crippen LogP contribution in [-0.4, -0.2) is 79.4 Å². The Balaban J connectivity index is 0.964. The van der Waals surface area contributed by atoms with Gasteiger partial charge in [0.25, 0.3) is 5.91 Å². The lowest BCUT2D eigenvalue weighted by Crippen LogP contribution is -2.53. The number of carbonyl (C=O) groups excluding carboxylic acids is 1. The molecular formula is C26H38F2N4O5S. The largest absolute Gasteiger partial charge is 0.380 e. The first-order valence-corrected chi connectivity index (χ1v) is 15.7. The number of fused-ring (bicyclic) bond motifs is 2. The fraction of sp³-hybridized carbons (Fsp3) is 0.846. The molecular weight excluding hydrogens is 518 g/mol. The number of rotatable bonds is 9. The number of amides is 1. The van der Waals surface area contributed by atoms with E-state index in [2.05, 4.69) is 15.8 Å². The van der Waals surface area contributed by atoms with Gasteiger partial charge in [0, 0.05) is 43.1 Å². The third-order valence-electron chi connectivity index (χ3n) is 9.29. The van der Waals surface area contributed by atoms with Gasteiger partial charge in [-0.25, -0.2) is 17.2 Å². The average molecular weight is 557 g/mol. The summed E-state index contributed by atoms with van der Waals surface area (Å²) in [6.45, 7) is 1.79. The molecule has 2 aliphatic carbocycles. The smallest absolute Gasteiger partial charge is 0.273 e. The van der Waals surface area contributed by atoms with E-state index in [1.807, 2.05) is 0 Å². The summed E-state index contributed by atoms with van der Waals surface area (Å²) in [6, 6.07) is 1.72. The van der Waals surface area contributed by atoms with Gasteiger partial charge in [-0.1, -0.05) is 5.16 Å². The van der Waals surface area contributed by atoms with Gasteiger partial charge in [0.15, 0.2) is 5.69 Å². The van der Waals surface area contributed by atoms with Gasteiger partial charge in [-0.3, -0.25) is 4.79 Å². The van der Waals surface area contributed by atoms with Crippen LogP contribution < -0.4 is 10.6 Å². The number of hydrogen-bond donors (Lipinski definition) is 2. The molecule has 1 aromatic heterocycles. The first-order valence-electron chi connectivity index (χ1n) is 14.1. The Morgan fingerprint density at radius 2 is 1.71 bits per heavy atom. The van der Waals surface area contributed by atoms with E-state index in [9.17, 15) is 22.0 Å². The number of sulfonamides is 1. The standard InChI is InChI=1S/C26H38F2N4O5S/c27-26(28)10-17(11-26)12-29-19-3-1-16(2-4-19)15-38(34,35)32-21-5-6-22(32)8-20(7-21)30-25(33)23-9-24(37-31-23)18-13-36-14-18/h9,16-22,29H,1-8,10-15H2,(H,30,33)/t16?,19?,20?,21-,22+. The summed E-state index contributed by atoms with van der Waals surface area (Å²) >= 11 is 0. The Morgan fingerprint density at radius 1 is 1.03 bits per heavy atom. The van der Waals surface area contributed by atoms with E-state index in [1.165, 1.54) is 0 Å². The maximum absolute atomic E-state index is 13.5. The van der Waals surface area contributed by atoms with Crippen molar-refractivity contribution in [3.8, 4) is 0 Å². The molecule has 9 nitrogen and oxygen atoms in total. The van der Waals surface area contributed by atoms with Crippen LogP contribution in [0.25, 0.3) is 0 Å². The highest BCUT2D eigenvalue weighted by Crippen LogP contribution is 2.42. The second-order valence-corrected chi connectivity index (χ2v) is 14.2. The van der Waals surface area contributed by atoms with E-state index in [4.69, 9.17) is 9.26 Å². The molecule has 3 atom stereocenters. The summed E-state index contributed by atoms with van der Waals surface area (Å²) in [7, 11) is -3.40. The van der Waals surface area contributed by atoms with Crippen molar-refractivity contribution in [2.45, 2.75) is 100 Å². The minimum atomic E-state index is -3.40. The number of carbonyl (C=O) groups is 1. The molecule has 0 aromatic carbocycles. The van der Waals surface area contributed by atoms with Crippen molar-refractivity contribution < 1.29 is 31.3 Å². The molecule has 2 bridgehead atoms. The third kappa shape index (κ3) is 5.64. The van der Waals surface area contributed by atoms with E-state index in [-0.39, 0.29) is 66.1 Å². The molecule has 0 radical (unpaired) electrons. The molecule has 6 rings (SSSR count). The number of nitrogens with zero attached hydrogens (tertiary/aromatic N) is 2. The highest BCUT2D eigenvalue weighted by Gasteiger charge is 2.48. The van der Waals surface area contributed by atoms with Gasteiger partial charge in [-0.15, -0.1) is 0 Å². The number of aromatic nitrogens is 1. The van der Waals surface area contributed by atoms with Gasteiger partial charge in [-0.05, 0) is 69.7 Å². The predicted octanol–water partition coefficient (Wildman–Crippen LogP) is 3.04. The van der Waals surface area contributed by atoms with Gasteiger partial charge < -0.3 is 19.9 Å². The van der Waals surface area contributed by atoms with E-state index in [0.717, 1.165) is 38.5 Å². The molecule has 2 N–H and O–H groups in total. The van der Waals surface area contributed by atoms with Crippen LogP contribution >= 0.6 is 0 Å². The second-order valence-electron chi connectivity index (χ2n) is 12.2. The molecule has 4 heterocycles. The minimum absolute atomic E-state index is 0.0201. The molecule has 3 saturated heterocycles. The molecule has 1 aromatic rings. The average Bonchev–Trinajstić information content (AvgIpc) is 3.39. The SMILES string of the molecule is O=C(NC1C[C@H]2CC[C@@H](C1)N2S(=O)(=O)CC1CCC(NCC2CC(F)(F)C2)CC1)c1cc(C2COC2)on1. The lowest BCUT2D eigenvalue weighted by atomic mass is 9.80. The number of piperidine rings is 1. The van der Waals surface area contributed by atoms with Crippen LogP contribution in [0.3, 0.4) is 0 Å². The van der Waals surface area contributed by atoms with Crippen molar-refractivity contribution in [3.05, 3.63) is 17.5 Å². The molecule has 1 amide bonds. The minimum Gasteiger partial charge on any atom is -0.380 e. The Bertz CT molecular complexity index is 1100. The van der Waals surface area contributed by atoms with E-state index >= 15 is 0 Å². The predicted molar refractivity (Wildman–Crippen MR) is 134 cm³/mol. The number of nitrogens with one attached hydrogen (secondary N) is 2. The Morgan fingerprint density at radius 3 is 2.32 bits per heavy atom. The Labute approximate surface area is 222 Å². The van der Waals surface area contributed by atoms with E-state index in [0.29, 0.717) is 44.4 Å². The Kier molecular flexibility index (Phi) is 7.28. The summed E-state index contributed by atoms with van der Waals surface area (Å²) in [5.74, 6) is -1.59. The third-order valence-corrected chi connectivity index (χ3v) is 11.4. The van der Waals surface area contributed by atoms with E-state index < -0.39 is 15.9 Å². The number of ether oxygens (including phenoxy) is 1. The number of halogens is 2. The first kappa shape index (κ1) is 26.6. The lowest BCUT2D eigenvalue weighted by molar-refractivity contribution is -0.109. The van der Waals surface area contributed by atoms with E-state index in [1.54, 1.807) is 10.4 Å². The van der Waals surface area contributed by atoms with Crippen molar-refractivity contribution >= 4 is 15.9 Å². The second kappa shape index (κ2) is 10.4. The monoisotopic (exact) mass is 556 g/mol. The molecule has 12 heteroatoms. The van der Waals surface area contributed by atoms with Crippen molar-refractivity contribution in [1.82, 2.24) is 20.1 Å². The number of hydrogen-bond acceptors (Lipinski definition) is 7. The zero-order chi connectivity index (χ0) is 26.5. The van der Waals surface area contributed by atoms with Crippen LogP contribution in [0.5, 0.6) is 0 Å². The molecule has 2 saturated carbocycles. The summed E-state index contributed by atoms with van der Waals surface area (Å²) < 4.78 is 65.3. The molecule has 5 aliphatic rings. The van der Waals surface area contributed by atoms with Gasteiger partial charge in [0.05, 0.1) is 24.9 Å². The number of alkyl halides is 2. The summed E-state index contributed by atoms with van der Waals surface area (Å²) in [6.07, 6.45) is 6.29. The molecule has 0 spiro atoms. The molecule has 3 aliphatic heterocycles. The van der Waals surface area contributed by atoms with Crippen LogP contribution in [0.15, 0.2) is 10.6 Å². The Hall–Kier alpha value is -1.63. The summed E-state index contributed by atoms with van der Waals surface area (Å²) in [5, 5.41) is 10.4. The quantitative estimate of drug-likeness (QED) is 0.481. The van der Waals surface area contributed by atoms with Crippen molar-refractivity contribution in [2.75, 3.05) is 25.5 Å². The molecule has 38 heavy (non-hydrogen) atoms. The molecule has 5 fully saturated rings. The van der Waals surface area contributed by atoms with Gasteiger partial charge in [0.1, 0.15) is 5.76 Å². The first-order chi connectivity index (χ1) is 18.1. The fourth-order valence-electron chi connectivity index (χ4n) is 7.13. The van der Waals surface area contributed by atoms with Crippen molar-refractivity contribution in [2.24, 2.45) is 11.8 Å². The zero-order valence-electron chi connectivity index (χ0n) is 21.6. The maximum atomic E-state index is 13.5. The van der Waals surface area contributed by atoms with Crippen molar-refractivity contribution in [3.63, 3.8) is 0 Å². The molecule has 212 valence electrons. The van der Waals surface area contributed by atoms with Crippen LogP contribution in [0, 0.1) is 11.8 Å². The van der Waals surface area contributed by atoms with Crippen LogP contribution in [0.2, 0.25) is 0 Å².